The van der Waals surface area contributed by atoms with Crippen LogP contribution in [0.1, 0.15) is 11.1 Å². The van der Waals surface area contributed by atoms with E-state index in [1.807, 2.05) is 0 Å². The molecule has 10 heteroatoms. The van der Waals surface area contributed by atoms with Crippen LogP contribution >= 0.6 is 12.0 Å². The molecule has 0 saturated heterocycles. The summed E-state index contributed by atoms with van der Waals surface area (Å²) in [7, 11) is 1.35. The third-order valence-electron chi connectivity index (χ3n) is 3.08. The maximum Gasteiger partial charge on any atom is 0.437 e. The fraction of sp³-hybridized carbons (Fsp3) is 0.188. The smallest absolute Gasteiger partial charge is 0.437 e. The molecule has 0 aliphatic carbocycles. The first-order valence-corrected chi connectivity index (χ1v) is 7.66. The fourth-order valence-corrected chi connectivity index (χ4v) is 2.49. The van der Waals surface area contributed by atoms with Crippen molar-refractivity contribution in [3.05, 3.63) is 59.7 Å². The van der Waals surface area contributed by atoms with E-state index in [-0.39, 0.29) is 17.6 Å². The fourth-order valence-electron chi connectivity index (χ4n) is 1.89. The highest BCUT2D eigenvalue weighted by molar-refractivity contribution is 7.94. The zero-order valence-corrected chi connectivity index (χ0v) is 13.9. The summed E-state index contributed by atoms with van der Waals surface area (Å²) in [6.45, 7) is 0. The standard InChI is InChI=1S/C16H11F6NO2S/c1-24-11-8-6-10(7-9-11)14(16(20,21)22)23-25-26-13-5-3-2-4-12(13)15(17,18)19/h2-9H,1H3. The van der Waals surface area contributed by atoms with Gasteiger partial charge in [-0.2, -0.15) is 26.3 Å². The number of hydrogen-bond acceptors (Lipinski definition) is 4. The second kappa shape index (κ2) is 7.90. The van der Waals surface area contributed by atoms with Crippen LogP contribution in [0.3, 0.4) is 0 Å². The molecule has 0 N–H and O–H groups in total. The van der Waals surface area contributed by atoms with Crippen molar-refractivity contribution in [1.82, 2.24) is 0 Å². The lowest BCUT2D eigenvalue weighted by atomic mass is 10.1. The van der Waals surface area contributed by atoms with Crippen LogP contribution in [0.15, 0.2) is 58.6 Å². The molecule has 0 bridgehead atoms. The maximum absolute atomic E-state index is 13.2. The Morgan fingerprint density at radius 2 is 1.54 bits per heavy atom. The Morgan fingerprint density at radius 1 is 0.923 bits per heavy atom. The van der Waals surface area contributed by atoms with E-state index in [2.05, 4.69) is 9.44 Å². The van der Waals surface area contributed by atoms with Crippen molar-refractivity contribution in [2.75, 3.05) is 7.11 Å². The Bertz CT molecular complexity index is 772. The van der Waals surface area contributed by atoms with E-state index in [1.165, 1.54) is 25.3 Å². The Labute approximate surface area is 148 Å². The van der Waals surface area contributed by atoms with Crippen LogP contribution in [0.5, 0.6) is 5.75 Å². The summed E-state index contributed by atoms with van der Waals surface area (Å²) in [5.41, 5.74) is -2.72. The van der Waals surface area contributed by atoms with Crippen molar-refractivity contribution in [3.63, 3.8) is 0 Å². The van der Waals surface area contributed by atoms with Gasteiger partial charge in [-0.15, -0.1) is 0 Å². The first kappa shape index (κ1) is 20.0. The van der Waals surface area contributed by atoms with Crippen LogP contribution in [0.25, 0.3) is 0 Å². The monoisotopic (exact) mass is 395 g/mol. The molecule has 0 radical (unpaired) electrons. The molecule has 0 aliphatic heterocycles. The molecule has 0 fully saturated rings. The summed E-state index contributed by atoms with van der Waals surface area (Å²) in [4.78, 5) is -0.403. The molecule has 0 aromatic heterocycles. The number of alkyl halides is 6. The Morgan fingerprint density at radius 3 is 2.08 bits per heavy atom. The van der Waals surface area contributed by atoms with Crippen molar-refractivity contribution in [3.8, 4) is 5.75 Å². The maximum atomic E-state index is 13.2. The largest absolute Gasteiger partial charge is 0.497 e. The number of nitrogens with zero attached hydrogens (tertiary/aromatic N) is 1. The van der Waals surface area contributed by atoms with Crippen LogP contribution < -0.4 is 4.74 Å². The lowest BCUT2D eigenvalue weighted by Crippen LogP contribution is -2.24. The van der Waals surface area contributed by atoms with Crippen molar-refractivity contribution in [2.45, 2.75) is 17.2 Å². The van der Waals surface area contributed by atoms with E-state index < -0.39 is 28.5 Å². The molecule has 0 unspecified atom stereocenters. The van der Waals surface area contributed by atoms with Gasteiger partial charge in [0, 0.05) is 5.56 Å². The van der Waals surface area contributed by atoms with Gasteiger partial charge in [-0.1, -0.05) is 17.3 Å². The van der Waals surface area contributed by atoms with Gasteiger partial charge < -0.3 is 9.02 Å². The van der Waals surface area contributed by atoms with E-state index >= 15 is 0 Å². The second-order valence-corrected chi connectivity index (χ2v) is 5.57. The number of ether oxygens (including phenoxy) is 1. The summed E-state index contributed by atoms with van der Waals surface area (Å²) in [5.74, 6) is 0.338. The van der Waals surface area contributed by atoms with Crippen molar-refractivity contribution >= 4 is 17.8 Å². The summed E-state index contributed by atoms with van der Waals surface area (Å²) in [5, 5.41) is 2.99. The van der Waals surface area contributed by atoms with Gasteiger partial charge in [-0.05, 0) is 36.4 Å². The highest BCUT2D eigenvalue weighted by Crippen LogP contribution is 2.37. The molecular weight excluding hydrogens is 384 g/mol. The van der Waals surface area contributed by atoms with Gasteiger partial charge in [0.25, 0.3) is 0 Å². The quantitative estimate of drug-likeness (QED) is 0.281. The lowest BCUT2D eigenvalue weighted by Gasteiger charge is -2.12. The number of oxime groups is 1. The third-order valence-corrected chi connectivity index (χ3v) is 3.76. The topological polar surface area (TPSA) is 30.8 Å². The third kappa shape index (κ3) is 5.07. The van der Waals surface area contributed by atoms with Gasteiger partial charge in [-0.3, -0.25) is 0 Å². The highest BCUT2D eigenvalue weighted by Gasteiger charge is 2.38. The van der Waals surface area contributed by atoms with E-state index in [4.69, 9.17) is 4.74 Å². The average Bonchev–Trinajstić information content (AvgIpc) is 2.57. The molecule has 0 spiro atoms. The van der Waals surface area contributed by atoms with E-state index in [9.17, 15) is 26.3 Å². The van der Waals surface area contributed by atoms with Crippen molar-refractivity contribution < 1.29 is 35.4 Å². The van der Waals surface area contributed by atoms with E-state index in [0.29, 0.717) is 5.75 Å². The molecule has 140 valence electrons. The molecule has 0 amide bonds. The molecule has 0 atom stereocenters. The minimum absolute atomic E-state index is 0.0885. The van der Waals surface area contributed by atoms with E-state index in [1.54, 1.807) is 0 Å². The molecule has 2 rings (SSSR count). The number of rotatable bonds is 5. The zero-order chi connectivity index (χ0) is 19.4. The SMILES string of the molecule is COc1ccc(C(=NOSc2ccccc2C(F)(F)F)C(F)(F)F)cc1. The van der Waals surface area contributed by atoms with Gasteiger partial charge in [0.15, 0.2) is 5.71 Å². The summed E-state index contributed by atoms with van der Waals surface area (Å²) >= 11 is 0.0885. The normalized spacial score (nSPS) is 12.8. The average molecular weight is 395 g/mol. The van der Waals surface area contributed by atoms with Gasteiger partial charge in [-0.25, -0.2) is 0 Å². The molecule has 3 nitrogen and oxygen atoms in total. The summed E-state index contributed by atoms with van der Waals surface area (Å²) in [6.07, 6.45) is -9.53. The van der Waals surface area contributed by atoms with Gasteiger partial charge in [0.1, 0.15) is 17.8 Å². The number of methoxy groups -OCH3 is 1. The zero-order valence-electron chi connectivity index (χ0n) is 13.1. The Balaban J connectivity index is 2.25. The summed E-state index contributed by atoms with van der Waals surface area (Å²) in [6, 6.07) is 9.15. The summed E-state index contributed by atoms with van der Waals surface area (Å²) < 4.78 is 87.4. The lowest BCUT2D eigenvalue weighted by molar-refractivity contribution is -0.139. The van der Waals surface area contributed by atoms with Gasteiger partial charge in [0.05, 0.1) is 17.6 Å². The molecule has 0 heterocycles. The molecular formula is C16H11F6NO2S. The first-order chi connectivity index (χ1) is 12.1. The number of benzene rings is 2. The van der Waals surface area contributed by atoms with Crippen molar-refractivity contribution in [1.29, 1.82) is 0 Å². The van der Waals surface area contributed by atoms with Crippen LogP contribution in [0, 0.1) is 0 Å². The number of halogens is 6. The minimum atomic E-state index is -4.86. The predicted molar refractivity (Wildman–Crippen MR) is 84.0 cm³/mol. The van der Waals surface area contributed by atoms with Gasteiger partial charge >= 0.3 is 12.4 Å². The van der Waals surface area contributed by atoms with Crippen LogP contribution in [0.4, 0.5) is 26.3 Å². The predicted octanol–water partition coefficient (Wildman–Crippen LogP) is 5.70. The highest BCUT2D eigenvalue weighted by atomic mass is 32.2. The molecule has 0 saturated carbocycles. The minimum Gasteiger partial charge on any atom is -0.497 e. The van der Waals surface area contributed by atoms with Crippen molar-refractivity contribution in [2.24, 2.45) is 5.16 Å². The van der Waals surface area contributed by atoms with Crippen LogP contribution in [-0.2, 0) is 10.5 Å². The second-order valence-electron chi connectivity index (χ2n) is 4.82. The Kier molecular flexibility index (Phi) is 6.06. The molecule has 26 heavy (non-hydrogen) atoms. The van der Waals surface area contributed by atoms with E-state index in [0.717, 1.165) is 30.3 Å². The van der Waals surface area contributed by atoms with Crippen LogP contribution in [-0.4, -0.2) is 19.0 Å². The van der Waals surface area contributed by atoms with Crippen LogP contribution in [0.2, 0.25) is 0 Å². The number of hydrogen-bond donors (Lipinski definition) is 0. The molecule has 2 aromatic rings. The molecule has 0 aliphatic rings. The Hall–Kier alpha value is -2.36. The first-order valence-electron chi connectivity index (χ1n) is 6.92. The van der Waals surface area contributed by atoms with Gasteiger partial charge in [0.2, 0.25) is 0 Å². The molecule has 2 aromatic carbocycles.